The molecule has 0 aromatic heterocycles. The zero-order chi connectivity index (χ0) is 18.8. The van der Waals surface area contributed by atoms with Gasteiger partial charge in [0.05, 0.1) is 6.61 Å². The van der Waals surface area contributed by atoms with Crippen LogP contribution in [0.5, 0.6) is 5.75 Å². The summed E-state index contributed by atoms with van der Waals surface area (Å²) >= 11 is 0. The van der Waals surface area contributed by atoms with E-state index in [2.05, 4.69) is 25.3 Å². The van der Waals surface area contributed by atoms with Crippen molar-refractivity contribution >= 4 is 17.5 Å². The highest BCUT2D eigenvalue weighted by Crippen LogP contribution is 2.23. The summed E-state index contributed by atoms with van der Waals surface area (Å²) in [7, 11) is 0. The standard InChI is InChI=1S/C22H22O4/c1-3-21(23)25-16-15-17-7-5-6-8-18(10-9-17)19-11-13-20(14-12-19)26-22(24)4-2/h3-4,7-14H,1-2,5-6,15-16H2/b10-9?,17-7?,18-8-. The number of carbonyl (C=O) groups excluding carboxylic acids is 2. The summed E-state index contributed by atoms with van der Waals surface area (Å²) in [6.07, 6.45) is 13.2. The number of ether oxygens (including phenoxy) is 2. The molecule has 1 aliphatic rings. The second-order valence-corrected chi connectivity index (χ2v) is 5.62. The van der Waals surface area contributed by atoms with Crippen molar-refractivity contribution in [2.75, 3.05) is 6.61 Å². The van der Waals surface area contributed by atoms with Gasteiger partial charge >= 0.3 is 11.9 Å². The molecule has 0 spiro atoms. The van der Waals surface area contributed by atoms with Crippen LogP contribution in [0.2, 0.25) is 0 Å². The van der Waals surface area contributed by atoms with E-state index < -0.39 is 11.9 Å². The van der Waals surface area contributed by atoms with Crippen molar-refractivity contribution in [2.45, 2.75) is 19.3 Å². The molecule has 1 aliphatic carbocycles. The third-order valence-electron chi connectivity index (χ3n) is 3.79. The average Bonchev–Trinajstić information content (AvgIpc) is 2.64. The van der Waals surface area contributed by atoms with Gasteiger partial charge in [0.25, 0.3) is 0 Å². The van der Waals surface area contributed by atoms with E-state index in [4.69, 9.17) is 9.47 Å². The first-order valence-electron chi connectivity index (χ1n) is 8.43. The van der Waals surface area contributed by atoms with Crippen LogP contribution in [0.3, 0.4) is 0 Å². The largest absolute Gasteiger partial charge is 0.462 e. The first kappa shape index (κ1) is 19.2. The monoisotopic (exact) mass is 350 g/mol. The molecule has 0 amide bonds. The maximum absolute atomic E-state index is 11.2. The lowest BCUT2D eigenvalue weighted by atomic mass is 9.99. The molecule has 4 heteroatoms. The van der Waals surface area contributed by atoms with Crippen LogP contribution in [-0.2, 0) is 14.3 Å². The minimum atomic E-state index is -0.477. The topological polar surface area (TPSA) is 52.6 Å². The Labute approximate surface area is 153 Å². The Morgan fingerprint density at radius 2 is 1.65 bits per heavy atom. The molecule has 26 heavy (non-hydrogen) atoms. The van der Waals surface area contributed by atoms with Gasteiger partial charge in [0.2, 0.25) is 0 Å². The molecule has 0 saturated carbocycles. The summed E-state index contributed by atoms with van der Waals surface area (Å²) in [6.45, 7) is 7.10. The quantitative estimate of drug-likeness (QED) is 0.411. The fourth-order valence-corrected chi connectivity index (χ4v) is 2.44. The fraction of sp³-hybridized carbons (Fsp3) is 0.182. The molecule has 0 heterocycles. The summed E-state index contributed by atoms with van der Waals surface area (Å²) in [6, 6.07) is 7.35. The molecule has 2 rings (SSSR count). The van der Waals surface area contributed by atoms with Gasteiger partial charge in [0, 0.05) is 18.6 Å². The van der Waals surface area contributed by atoms with Crippen molar-refractivity contribution in [1.82, 2.24) is 0 Å². The van der Waals surface area contributed by atoms with E-state index in [1.54, 1.807) is 12.1 Å². The highest BCUT2D eigenvalue weighted by atomic mass is 16.5. The van der Waals surface area contributed by atoms with E-state index in [9.17, 15) is 9.59 Å². The van der Waals surface area contributed by atoms with Gasteiger partial charge in [-0.1, -0.05) is 49.6 Å². The molecule has 134 valence electrons. The second-order valence-electron chi connectivity index (χ2n) is 5.62. The van der Waals surface area contributed by atoms with Crippen molar-refractivity contribution < 1.29 is 19.1 Å². The Morgan fingerprint density at radius 1 is 0.962 bits per heavy atom. The zero-order valence-corrected chi connectivity index (χ0v) is 14.6. The van der Waals surface area contributed by atoms with Crippen LogP contribution in [0.1, 0.15) is 24.8 Å². The maximum Gasteiger partial charge on any atom is 0.335 e. The van der Waals surface area contributed by atoms with Crippen LogP contribution in [0.25, 0.3) is 5.57 Å². The zero-order valence-electron chi connectivity index (χ0n) is 14.6. The highest BCUT2D eigenvalue weighted by molar-refractivity contribution is 5.83. The maximum atomic E-state index is 11.2. The van der Waals surface area contributed by atoms with Crippen LogP contribution in [0.15, 0.2) is 79.5 Å². The summed E-state index contributed by atoms with van der Waals surface area (Å²) in [4.78, 5) is 22.3. The minimum absolute atomic E-state index is 0.337. The molecule has 0 aliphatic heterocycles. The Bertz CT molecular complexity index is 764. The molecule has 0 bridgehead atoms. The average molecular weight is 350 g/mol. The molecular formula is C22H22O4. The number of hydrogen-bond donors (Lipinski definition) is 0. The van der Waals surface area contributed by atoms with Gasteiger partial charge in [-0.3, -0.25) is 0 Å². The Kier molecular flexibility index (Phi) is 7.37. The van der Waals surface area contributed by atoms with Crippen LogP contribution >= 0.6 is 0 Å². The minimum Gasteiger partial charge on any atom is -0.462 e. The van der Waals surface area contributed by atoms with Gasteiger partial charge < -0.3 is 9.47 Å². The van der Waals surface area contributed by atoms with Gasteiger partial charge in [0.15, 0.2) is 0 Å². The molecule has 0 N–H and O–H groups in total. The van der Waals surface area contributed by atoms with Gasteiger partial charge in [-0.05, 0) is 41.7 Å². The van der Waals surface area contributed by atoms with E-state index in [-0.39, 0.29) is 0 Å². The van der Waals surface area contributed by atoms with Gasteiger partial charge in [0.1, 0.15) is 5.75 Å². The van der Waals surface area contributed by atoms with E-state index in [1.807, 2.05) is 24.3 Å². The summed E-state index contributed by atoms with van der Waals surface area (Å²) in [5, 5.41) is 0. The van der Waals surface area contributed by atoms with Gasteiger partial charge in [-0.25, -0.2) is 9.59 Å². The predicted octanol–water partition coefficient (Wildman–Crippen LogP) is 4.56. The van der Waals surface area contributed by atoms with Crippen molar-refractivity contribution in [3.63, 3.8) is 0 Å². The van der Waals surface area contributed by atoms with E-state index >= 15 is 0 Å². The molecule has 0 atom stereocenters. The third kappa shape index (κ3) is 6.06. The molecule has 0 unspecified atom stereocenters. The number of carbonyl (C=O) groups is 2. The first-order chi connectivity index (χ1) is 12.6. The Morgan fingerprint density at radius 3 is 2.35 bits per heavy atom. The molecular weight excluding hydrogens is 328 g/mol. The van der Waals surface area contributed by atoms with E-state index in [1.165, 1.54) is 6.08 Å². The highest BCUT2D eigenvalue weighted by Gasteiger charge is 2.05. The fourth-order valence-electron chi connectivity index (χ4n) is 2.44. The Balaban J connectivity index is 2.01. The smallest absolute Gasteiger partial charge is 0.335 e. The first-order valence-corrected chi connectivity index (χ1v) is 8.43. The van der Waals surface area contributed by atoms with Crippen molar-refractivity contribution in [3.8, 4) is 5.75 Å². The van der Waals surface area contributed by atoms with Crippen LogP contribution in [0.4, 0.5) is 0 Å². The van der Waals surface area contributed by atoms with Crippen molar-refractivity contribution in [3.05, 3.63) is 85.0 Å². The lowest BCUT2D eigenvalue weighted by Crippen LogP contribution is -2.03. The van der Waals surface area contributed by atoms with Crippen LogP contribution in [0, 0.1) is 0 Å². The van der Waals surface area contributed by atoms with Gasteiger partial charge in [-0.2, -0.15) is 0 Å². The lowest BCUT2D eigenvalue weighted by Gasteiger charge is -2.09. The molecule has 0 radical (unpaired) electrons. The number of hydrogen-bond acceptors (Lipinski definition) is 4. The van der Waals surface area contributed by atoms with Gasteiger partial charge in [-0.15, -0.1) is 0 Å². The molecule has 0 saturated heterocycles. The molecule has 1 aromatic rings. The molecule has 4 nitrogen and oxygen atoms in total. The normalized spacial score (nSPS) is 15.5. The third-order valence-corrected chi connectivity index (χ3v) is 3.79. The molecule has 0 fully saturated rings. The SMILES string of the molecule is C=CC(=O)OCCC1=CCC/C=C(\c2ccc(OC(=O)C=C)cc2)C=C1. The van der Waals surface area contributed by atoms with Crippen LogP contribution in [-0.4, -0.2) is 18.5 Å². The lowest BCUT2D eigenvalue weighted by molar-refractivity contribution is -0.137. The van der Waals surface area contributed by atoms with Crippen molar-refractivity contribution in [2.24, 2.45) is 0 Å². The van der Waals surface area contributed by atoms with Crippen LogP contribution < -0.4 is 4.74 Å². The number of rotatable bonds is 7. The number of esters is 2. The summed E-state index contributed by atoms with van der Waals surface area (Å²) in [5.74, 6) is -0.397. The predicted molar refractivity (Wildman–Crippen MR) is 102 cm³/mol. The summed E-state index contributed by atoms with van der Waals surface area (Å²) < 4.78 is 10.1. The van der Waals surface area contributed by atoms with E-state index in [0.717, 1.165) is 35.6 Å². The summed E-state index contributed by atoms with van der Waals surface area (Å²) in [5.41, 5.74) is 3.27. The molecule has 1 aromatic carbocycles. The van der Waals surface area contributed by atoms with E-state index in [0.29, 0.717) is 18.8 Å². The second kappa shape index (κ2) is 9.99. The Hall–Kier alpha value is -3.14. The van der Waals surface area contributed by atoms with Crippen molar-refractivity contribution in [1.29, 1.82) is 0 Å². The number of benzene rings is 1. The number of allylic oxidation sites excluding steroid dienone is 5.